The second-order valence-electron chi connectivity index (χ2n) is 4.93. The van der Waals surface area contributed by atoms with Crippen LogP contribution in [0.4, 0.5) is 0 Å². The Morgan fingerprint density at radius 2 is 1.88 bits per heavy atom. The minimum atomic E-state index is 0.137. The Morgan fingerprint density at radius 1 is 1.24 bits per heavy atom. The zero-order valence-electron chi connectivity index (χ0n) is 10.5. The lowest BCUT2D eigenvalue weighted by atomic mass is 10.0. The van der Waals surface area contributed by atoms with E-state index in [0.29, 0.717) is 0 Å². The van der Waals surface area contributed by atoms with Crippen LogP contribution in [0.5, 0.6) is 0 Å². The average Bonchev–Trinajstić information content (AvgIpc) is 2.83. The van der Waals surface area contributed by atoms with Gasteiger partial charge in [-0.05, 0) is 37.7 Å². The highest BCUT2D eigenvalue weighted by Crippen LogP contribution is 2.25. The summed E-state index contributed by atoms with van der Waals surface area (Å²) >= 11 is 0. The fourth-order valence-electron chi connectivity index (χ4n) is 2.42. The van der Waals surface area contributed by atoms with Gasteiger partial charge in [0.2, 0.25) is 0 Å². The van der Waals surface area contributed by atoms with Gasteiger partial charge in [0, 0.05) is 5.56 Å². The first-order valence-electron chi connectivity index (χ1n) is 6.52. The molecule has 1 aliphatic carbocycles. The zero-order valence-corrected chi connectivity index (χ0v) is 10.5. The number of rotatable bonds is 4. The minimum absolute atomic E-state index is 0.137. The first-order valence-corrected chi connectivity index (χ1v) is 6.52. The number of allylic oxidation sites excluding steroid dienone is 2. The summed E-state index contributed by atoms with van der Waals surface area (Å²) in [7, 11) is 0. The van der Waals surface area contributed by atoms with Crippen molar-refractivity contribution in [3.63, 3.8) is 0 Å². The fraction of sp³-hybridized carbons (Fsp3) is 0.438. The van der Waals surface area contributed by atoms with E-state index in [-0.39, 0.29) is 5.78 Å². The summed E-state index contributed by atoms with van der Waals surface area (Å²) < 4.78 is 0. The summed E-state index contributed by atoms with van der Waals surface area (Å²) in [6, 6.07) is 7.94. The summed E-state index contributed by atoms with van der Waals surface area (Å²) in [5.74, 6) is 0.949. The molecule has 1 fully saturated rings. The summed E-state index contributed by atoms with van der Waals surface area (Å²) in [6.45, 7) is 1.61. The SMILES string of the molecule is CC(=O)c1ccc(C/C=C/C2CCCC2)cc1. The molecule has 90 valence electrons. The van der Waals surface area contributed by atoms with Crippen molar-refractivity contribution in [1.82, 2.24) is 0 Å². The molecule has 0 atom stereocenters. The van der Waals surface area contributed by atoms with Crippen LogP contribution in [0.1, 0.15) is 48.5 Å². The van der Waals surface area contributed by atoms with Crippen LogP contribution >= 0.6 is 0 Å². The van der Waals surface area contributed by atoms with Crippen LogP contribution in [0.2, 0.25) is 0 Å². The van der Waals surface area contributed by atoms with Gasteiger partial charge in [-0.1, -0.05) is 49.3 Å². The predicted molar refractivity (Wildman–Crippen MR) is 71.2 cm³/mol. The lowest BCUT2D eigenvalue weighted by molar-refractivity contribution is 0.101. The predicted octanol–water partition coefficient (Wildman–Crippen LogP) is 4.18. The highest BCUT2D eigenvalue weighted by molar-refractivity contribution is 5.93. The molecular formula is C16H20O. The molecule has 1 aliphatic rings. The fourth-order valence-corrected chi connectivity index (χ4v) is 2.42. The lowest BCUT2D eigenvalue weighted by Crippen LogP contribution is -1.92. The third kappa shape index (κ3) is 3.55. The first kappa shape index (κ1) is 12.1. The molecule has 0 unspecified atom stereocenters. The van der Waals surface area contributed by atoms with Crippen molar-refractivity contribution in [3.05, 3.63) is 47.5 Å². The number of hydrogen-bond donors (Lipinski definition) is 0. The van der Waals surface area contributed by atoms with Crippen LogP contribution in [0, 0.1) is 5.92 Å². The standard InChI is InChI=1S/C16H20O/c1-13(17)16-11-9-15(10-12-16)8-4-7-14-5-2-3-6-14/h4,7,9-12,14H,2-3,5-6,8H2,1H3/b7-4+. The monoisotopic (exact) mass is 228 g/mol. The first-order chi connectivity index (χ1) is 8.25. The molecule has 17 heavy (non-hydrogen) atoms. The molecule has 0 bridgehead atoms. The molecule has 0 aromatic heterocycles. The van der Waals surface area contributed by atoms with Crippen molar-refractivity contribution in [3.8, 4) is 0 Å². The quantitative estimate of drug-likeness (QED) is 0.558. The van der Waals surface area contributed by atoms with E-state index in [1.807, 2.05) is 12.1 Å². The van der Waals surface area contributed by atoms with E-state index in [0.717, 1.165) is 17.9 Å². The van der Waals surface area contributed by atoms with E-state index in [2.05, 4.69) is 24.3 Å². The number of carbonyl (C=O) groups is 1. The van der Waals surface area contributed by atoms with Gasteiger partial charge >= 0.3 is 0 Å². The summed E-state index contributed by atoms with van der Waals surface area (Å²) in [4.78, 5) is 11.1. The highest BCUT2D eigenvalue weighted by Gasteiger charge is 2.10. The summed E-state index contributed by atoms with van der Waals surface area (Å²) in [6.07, 6.45) is 11.1. The van der Waals surface area contributed by atoms with Crippen LogP contribution in [0.15, 0.2) is 36.4 Å². The maximum absolute atomic E-state index is 11.1. The molecule has 1 aromatic carbocycles. The van der Waals surface area contributed by atoms with Crippen LogP contribution in [-0.4, -0.2) is 5.78 Å². The number of ketones is 1. The molecule has 0 amide bonds. The summed E-state index contributed by atoms with van der Waals surface area (Å²) in [5, 5.41) is 0. The van der Waals surface area contributed by atoms with Crippen molar-refractivity contribution in [2.75, 3.05) is 0 Å². The molecule has 0 aliphatic heterocycles. The second kappa shape index (κ2) is 5.81. The zero-order chi connectivity index (χ0) is 12.1. The lowest BCUT2D eigenvalue weighted by Gasteiger charge is -2.01. The summed E-state index contributed by atoms with van der Waals surface area (Å²) in [5.41, 5.74) is 2.08. The van der Waals surface area contributed by atoms with Crippen molar-refractivity contribution < 1.29 is 4.79 Å². The van der Waals surface area contributed by atoms with E-state index in [1.165, 1.54) is 31.2 Å². The molecule has 1 heteroatoms. The largest absolute Gasteiger partial charge is 0.295 e. The number of benzene rings is 1. The van der Waals surface area contributed by atoms with Gasteiger partial charge in [0.05, 0.1) is 0 Å². The molecule has 1 aromatic rings. The third-order valence-corrected chi connectivity index (χ3v) is 3.52. The maximum atomic E-state index is 11.1. The Morgan fingerprint density at radius 3 is 2.47 bits per heavy atom. The smallest absolute Gasteiger partial charge is 0.159 e. The van der Waals surface area contributed by atoms with Gasteiger partial charge in [-0.25, -0.2) is 0 Å². The maximum Gasteiger partial charge on any atom is 0.159 e. The molecule has 1 nitrogen and oxygen atoms in total. The van der Waals surface area contributed by atoms with E-state index < -0.39 is 0 Å². The Bertz CT molecular complexity index is 394. The van der Waals surface area contributed by atoms with E-state index in [4.69, 9.17) is 0 Å². The Balaban J connectivity index is 1.88. The van der Waals surface area contributed by atoms with Crippen molar-refractivity contribution in [2.24, 2.45) is 5.92 Å². The molecular weight excluding hydrogens is 208 g/mol. The minimum Gasteiger partial charge on any atom is -0.295 e. The average molecular weight is 228 g/mol. The highest BCUT2D eigenvalue weighted by atomic mass is 16.1. The van der Waals surface area contributed by atoms with Crippen LogP contribution in [-0.2, 0) is 6.42 Å². The van der Waals surface area contributed by atoms with Gasteiger partial charge in [0.15, 0.2) is 5.78 Å². The van der Waals surface area contributed by atoms with Gasteiger partial charge < -0.3 is 0 Å². The third-order valence-electron chi connectivity index (χ3n) is 3.52. The molecule has 0 N–H and O–H groups in total. The van der Waals surface area contributed by atoms with Crippen LogP contribution in [0.25, 0.3) is 0 Å². The van der Waals surface area contributed by atoms with Crippen molar-refractivity contribution in [1.29, 1.82) is 0 Å². The van der Waals surface area contributed by atoms with Gasteiger partial charge in [-0.15, -0.1) is 0 Å². The number of hydrogen-bond acceptors (Lipinski definition) is 1. The van der Waals surface area contributed by atoms with E-state index in [1.54, 1.807) is 6.92 Å². The van der Waals surface area contributed by atoms with Gasteiger partial charge in [0.1, 0.15) is 0 Å². The second-order valence-corrected chi connectivity index (χ2v) is 4.93. The van der Waals surface area contributed by atoms with Gasteiger partial charge in [0.25, 0.3) is 0 Å². The van der Waals surface area contributed by atoms with Crippen molar-refractivity contribution in [2.45, 2.75) is 39.0 Å². The Hall–Kier alpha value is -1.37. The van der Waals surface area contributed by atoms with Crippen LogP contribution < -0.4 is 0 Å². The van der Waals surface area contributed by atoms with Crippen molar-refractivity contribution >= 4 is 5.78 Å². The molecule has 1 saturated carbocycles. The molecule has 0 saturated heterocycles. The van der Waals surface area contributed by atoms with E-state index in [9.17, 15) is 4.79 Å². The van der Waals surface area contributed by atoms with Gasteiger partial charge in [-0.2, -0.15) is 0 Å². The molecule has 2 rings (SSSR count). The molecule has 0 heterocycles. The Kier molecular flexibility index (Phi) is 4.13. The molecule has 0 radical (unpaired) electrons. The van der Waals surface area contributed by atoms with Crippen LogP contribution in [0.3, 0.4) is 0 Å². The van der Waals surface area contributed by atoms with Gasteiger partial charge in [-0.3, -0.25) is 4.79 Å². The number of carbonyl (C=O) groups excluding carboxylic acids is 1. The topological polar surface area (TPSA) is 17.1 Å². The Labute approximate surface area is 104 Å². The normalized spacial score (nSPS) is 16.8. The molecule has 0 spiro atoms. The number of Topliss-reactive ketones (excluding diaryl/α,β-unsaturated/α-hetero) is 1. The van der Waals surface area contributed by atoms with E-state index >= 15 is 0 Å².